The van der Waals surface area contributed by atoms with Crippen LogP contribution in [0.4, 0.5) is 0 Å². The van der Waals surface area contributed by atoms with Crippen molar-refractivity contribution >= 4 is 28.8 Å². The molecule has 4 nitrogen and oxygen atoms in total. The van der Waals surface area contributed by atoms with E-state index in [1.54, 1.807) is 31.2 Å². The zero-order chi connectivity index (χ0) is 15.1. The third-order valence-corrected chi connectivity index (χ3v) is 3.76. The maximum atomic E-state index is 12.1. The van der Waals surface area contributed by atoms with Crippen LogP contribution in [-0.2, 0) is 0 Å². The van der Waals surface area contributed by atoms with Gasteiger partial charge in [0.05, 0.1) is 5.02 Å². The van der Waals surface area contributed by atoms with Gasteiger partial charge in [0.2, 0.25) is 0 Å². The number of nitrogens with zero attached hydrogens (tertiary/aromatic N) is 2. The molecule has 1 aromatic carbocycles. The number of hydrogen-bond acceptors (Lipinski definition) is 2. The predicted octanol–water partition coefficient (Wildman–Crippen LogP) is 3.78. The van der Waals surface area contributed by atoms with Crippen LogP contribution in [0.1, 0.15) is 11.4 Å². The molecule has 1 N–H and O–H groups in total. The molecule has 3 aromatic rings. The van der Waals surface area contributed by atoms with Crippen LogP contribution in [0.25, 0.3) is 16.8 Å². The summed E-state index contributed by atoms with van der Waals surface area (Å²) in [5, 5.41) is 10.2. The minimum Gasteiger partial charge on any atom is -0.344 e. The summed E-state index contributed by atoms with van der Waals surface area (Å²) in [6.07, 6.45) is 0. The predicted molar refractivity (Wildman–Crippen MR) is 82.9 cm³/mol. The van der Waals surface area contributed by atoms with E-state index in [1.165, 1.54) is 10.5 Å². The van der Waals surface area contributed by atoms with Gasteiger partial charge in [0.25, 0.3) is 5.56 Å². The zero-order valence-electron chi connectivity index (χ0n) is 10.9. The summed E-state index contributed by atoms with van der Waals surface area (Å²) in [5.74, 6) is 0. The summed E-state index contributed by atoms with van der Waals surface area (Å²) >= 11 is 12.1. The summed E-state index contributed by atoms with van der Waals surface area (Å²) in [4.78, 5) is 15.2. The second-order valence-electron chi connectivity index (χ2n) is 4.65. The first-order valence-corrected chi connectivity index (χ1v) is 6.88. The second kappa shape index (κ2) is 4.96. The number of rotatable bonds is 1. The minimum atomic E-state index is -0.255. The Labute approximate surface area is 130 Å². The second-order valence-corrected chi connectivity index (χ2v) is 5.50. The molecule has 0 fully saturated rings. The minimum absolute atomic E-state index is 0.255. The maximum Gasteiger partial charge on any atom is 0.259 e. The molecule has 0 saturated carbocycles. The summed E-state index contributed by atoms with van der Waals surface area (Å²) in [6.45, 7) is 1.79. The van der Waals surface area contributed by atoms with Gasteiger partial charge in [-0.1, -0.05) is 29.3 Å². The number of fused-ring (bicyclic) bond motifs is 1. The van der Waals surface area contributed by atoms with Crippen LogP contribution in [0.2, 0.25) is 10.0 Å². The lowest BCUT2D eigenvalue weighted by Crippen LogP contribution is -2.14. The van der Waals surface area contributed by atoms with E-state index in [4.69, 9.17) is 23.2 Å². The largest absolute Gasteiger partial charge is 0.344 e. The SMILES string of the molecule is Cc1cc(=O)n2c(C#N)cc(-c3ccc(Cl)cc3Cl)c2[nH]1. The van der Waals surface area contributed by atoms with Gasteiger partial charge in [-0.3, -0.25) is 9.20 Å². The van der Waals surface area contributed by atoms with Crippen molar-refractivity contribution in [2.24, 2.45) is 0 Å². The molecule has 0 aliphatic heterocycles. The Morgan fingerprint density at radius 2 is 1.95 bits per heavy atom. The van der Waals surface area contributed by atoms with Crippen molar-refractivity contribution in [1.82, 2.24) is 9.38 Å². The van der Waals surface area contributed by atoms with Crippen molar-refractivity contribution in [3.8, 4) is 17.2 Å². The van der Waals surface area contributed by atoms with E-state index in [9.17, 15) is 10.1 Å². The third kappa shape index (κ3) is 2.21. The fourth-order valence-electron chi connectivity index (χ4n) is 2.33. The van der Waals surface area contributed by atoms with Crippen molar-refractivity contribution in [3.05, 3.63) is 62.1 Å². The average molecular weight is 318 g/mol. The average Bonchev–Trinajstić information content (AvgIpc) is 2.77. The van der Waals surface area contributed by atoms with Gasteiger partial charge in [0, 0.05) is 27.9 Å². The summed E-state index contributed by atoms with van der Waals surface area (Å²) in [7, 11) is 0. The van der Waals surface area contributed by atoms with E-state index in [-0.39, 0.29) is 11.3 Å². The lowest BCUT2D eigenvalue weighted by molar-refractivity contribution is 1.02. The Hall–Kier alpha value is -2.22. The highest BCUT2D eigenvalue weighted by Crippen LogP contribution is 2.33. The van der Waals surface area contributed by atoms with E-state index in [0.717, 1.165) is 0 Å². The van der Waals surface area contributed by atoms with Crippen molar-refractivity contribution < 1.29 is 0 Å². The van der Waals surface area contributed by atoms with Gasteiger partial charge in [-0.05, 0) is 25.1 Å². The molecular formula is C15H9Cl2N3O. The van der Waals surface area contributed by atoms with Gasteiger partial charge in [-0.15, -0.1) is 0 Å². The van der Waals surface area contributed by atoms with Gasteiger partial charge < -0.3 is 4.98 Å². The molecule has 6 heteroatoms. The van der Waals surface area contributed by atoms with Crippen LogP contribution >= 0.6 is 23.2 Å². The first-order valence-electron chi connectivity index (χ1n) is 6.12. The molecule has 0 atom stereocenters. The summed E-state index contributed by atoms with van der Waals surface area (Å²) in [6, 6.07) is 10.2. The lowest BCUT2D eigenvalue weighted by atomic mass is 10.1. The lowest BCUT2D eigenvalue weighted by Gasteiger charge is -2.05. The van der Waals surface area contributed by atoms with Gasteiger partial charge in [-0.25, -0.2) is 0 Å². The molecule has 21 heavy (non-hydrogen) atoms. The maximum absolute atomic E-state index is 12.1. The smallest absolute Gasteiger partial charge is 0.259 e. The Morgan fingerprint density at radius 3 is 2.62 bits per heavy atom. The van der Waals surface area contributed by atoms with Crippen LogP contribution in [0, 0.1) is 18.3 Å². The molecule has 104 valence electrons. The number of aryl methyl sites for hydroxylation is 1. The van der Waals surface area contributed by atoms with E-state index < -0.39 is 0 Å². The molecule has 0 saturated heterocycles. The Balaban J connectivity index is 2.44. The molecule has 0 aliphatic rings. The third-order valence-electron chi connectivity index (χ3n) is 3.21. The van der Waals surface area contributed by atoms with Crippen LogP contribution < -0.4 is 5.56 Å². The normalized spacial score (nSPS) is 10.8. The molecular weight excluding hydrogens is 309 g/mol. The highest BCUT2D eigenvalue weighted by Gasteiger charge is 2.15. The first kappa shape index (κ1) is 13.7. The monoisotopic (exact) mass is 317 g/mol. The number of hydrogen-bond donors (Lipinski definition) is 1. The van der Waals surface area contributed by atoms with E-state index >= 15 is 0 Å². The Kier molecular flexibility index (Phi) is 3.25. The van der Waals surface area contributed by atoms with E-state index in [0.29, 0.717) is 32.5 Å². The number of aromatic nitrogens is 2. The number of halogens is 2. The molecule has 2 heterocycles. The van der Waals surface area contributed by atoms with Crippen molar-refractivity contribution in [2.75, 3.05) is 0 Å². The Bertz CT molecular complexity index is 963. The number of nitrogens with one attached hydrogen (secondary N) is 1. The number of nitriles is 1. The summed E-state index contributed by atoms with van der Waals surface area (Å²) < 4.78 is 1.34. The standard InChI is InChI=1S/C15H9Cl2N3O/c1-8-4-14(21)20-10(7-18)6-12(15(20)19-8)11-3-2-9(16)5-13(11)17/h2-6,19H,1H3. The van der Waals surface area contributed by atoms with Gasteiger partial charge in [0.1, 0.15) is 17.4 Å². The molecule has 3 rings (SSSR count). The number of benzene rings is 1. The number of aromatic amines is 1. The topological polar surface area (TPSA) is 61.1 Å². The van der Waals surface area contributed by atoms with Crippen LogP contribution in [-0.4, -0.2) is 9.38 Å². The van der Waals surface area contributed by atoms with Crippen LogP contribution in [0.5, 0.6) is 0 Å². The summed E-state index contributed by atoms with van der Waals surface area (Å²) in [5.41, 5.74) is 2.65. The molecule has 2 aromatic heterocycles. The van der Waals surface area contributed by atoms with E-state index in [2.05, 4.69) is 4.98 Å². The molecule has 0 aliphatic carbocycles. The molecule has 0 radical (unpaired) electrons. The van der Waals surface area contributed by atoms with Crippen LogP contribution in [0.15, 0.2) is 35.1 Å². The molecule has 0 amide bonds. The van der Waals surface area contributed by atoms with Gasteiger partial charge in [0.15, 0.2) is 0 Å². The quantitative estimate of drug-likeness (QED) is 0.742. The van der Waals surface area contributed by atoms with Crippen LogP contribution in [0.3, 0.4) is 0 Å². The fourth-order valence-corrected chi connectivity index (χ4v) is 2.84. The van der Waals surface area contributed by atoms with E-state index in [1.807, 2.05) is 6.07 Å². The Morgan fingerprint density at radius 1 is 1.19 bits per heavy atom. The fraction of sp³-hybridized carbons (Fsp3) is 0.0667. The zero-order valence-corrected chi connectivity index (χ0v) is 12.5. The van der Waals surface area contributed by atoms with Crippen molar-refractivity contribution in [3.63, 3.8) is 0 Å². The molecule has 0 bridgehead atoms. The van der Waals surface area contributed by atoms with Crippen molar-refractivity contribution in [2.45, 2.75) is 6.92 Å². The molecule has 0 unspecified atom stereocenters. The van der Waals surface area contributed by atoms with Gasteiger partial charge >= 0.3 is 0 Å². The van der Waals surface area contributed by atoms with Crippen molar-refractivity contribution in [1.29, 1.82) is 5.26 Å². The highest BCUT2D eigenvalue weighted by atomic mass is 35.5. The highest BCUT2D eigenvalue weighted by molar-refractivity contribution is 6.36. The first-order chi connectivity index (χ1) is 10.0. The number of H-pyrrole nitrogens is 1. The van der Waals surface area contributed by atoms with Gasteiger partial charge in [-0.2, -0.15) is 5.26 Å². The molecule has 0 spiro atoms.